The van der Waals surface area contributed by atoms with Crippen LogP contribution in [-0.2, 0) is 26.0 Å². The molecular formula is C19H23N3O6S. The molecule has 0 radical (unpaired) electrons. The van der Waals surface area contributed by atoms with E-state index in [2.05, 4.69) is 9.46 Å². The zero-order chi connectivity index (χ0) is 21.4. The Morgan fingerprint density at radius 1 is 1.10 bits per heavy atom. The van der Waals surface area contributed by atoms with Gasteiger partial charge in [0, 0.05) is 12.1 Å². The van der Waals surface area contributed by atoms with Crippen LogP contribution in [0.5, 0.6) is 11.5 Å². The van der Waals surface area contributed by atoms with Gasteiger partial charge in [-0.3, -0.25) is 5.41 Å². The van der Waals surface area contributed by atoms with Gasteiger partial charge < -0.3 is 19.9 Å². The van der Waals surface area contributed by atoms with Crippen LogP contribution in [0.2, 0.25) is 0 Å². The van der Waals surface area contributed by atoms with Crippen molar-refractivity contribution in [1.82, 2.24) is 4.72 Å². The van der Waals surface area contributed by atoms with Crippen molar-refractivity contribution in [2.24, 2.45) is 5.73 Å². The van der Waals surface area contributed by atoms with Gasteiger partial charge in [-0.15, -0.1) is 0 Å². The van der Waals surface area contributed by atoms with E-state index in [-0.39, 0.29) is 23.9 Å². The number of methoxy groups -OCH3 is 2. The molecule has 0 spiro atoms. The number of sulfonamides is 1. The summed E-state index contributed by atoms with van der Waals surface area (Å²) in [4.78, 5) is 11.3. The summed E-state index contributed by atoms with van der Waals surface area (Å²) < 4.78 is 42.4. The van der Waals surface area contributed by atoms with E-state index >= 15 is 0 Å². The number of hydrogen-bond donors (Lipinski definition) is 3. The van der Waals surface area contributed by atoms with Crippen LogP contribution in [0.25, 0.3) is 0 Å². The molecule has 0 heterocycles. The van der Waals surface area contributed by atoms with E-state index in [1.54, 1.807) is 18.2 Å². The van der Waals surface area contributed by atoms with E-state index in [1.165, 1.54) is 38.5 Å². The first-order valence-corrected chi connectivity index (χ1v) is 10.1. The SMILES string of the molecule is COC(=O)COc1ccc(CCNS(=O)(=O)c2ccc(C(=N)N)cc2)cc1OC. The number of ether oxygens (including phenoxy) is 3. The van der Waals surface area contributed by atoms with Gasteiger partial charge >= 0.3 is 5.97 Å². The molecule has 0 aromatic heterocycles. The summed E-state index contributed by atoms with van der Waals surface area (Å²) in [6.07, 6.45) is 0.415. The summed E-state index contributed by atoms with van der Waals surface area (Å²) in [5, 5.41) is 7.34. The molecule has 10 heteroatoms. The van der Waals surface area contributed by atoms with Gasteiger partial charge in [-0.2, -0.15) is 0 Å². The third kappa shape index (κ3) is 6.19. The molecular weight excluding hydrogens is 398 g/mol. The first-order valence-electron chi connectivity index (χ1n) is 8.57. The Morgan fingerprint density at radius 2 is 1.79 bits per heavy atom. The predicted octanol–water partition coefficient (Wildman–Crippen LogP) is 1.05. The highest BCUT2D eigenvalue weighted by atomic mass is 32.2. The molecule has 0 saturated carbocycles. The lowest BCUT2D eigenvalue weighted by Gasteiger charge is -2.12. The second kappa shape index (κ2) is 9.89. The van der Waals surface area contributed by atoms with Crippen molar-refractivity contribution in [1.29, 1.82) is 5.41 Å². The number of carbonyl (C=O) groups is 1. The van der Waals surface area contributed by atoms with Crippen molar-refractivity contribution in [2.75, 3.05) is 27.4 Å². The van der Waals surface area contributed by atoms with Gasteiger partial charge in [0.15, 0.2) is 18.1 Å². The Kier molecular flexibility index (Phi) is 7.57. The van der Waals surface area contributed by atoms with Crippen LogP contribution in [0.3, 0.4) is 0 Å². The molecule has 2 aromatic rings. The largest absolute Gasteiger partial charge is 0.493 e. The average molecular weight is 421 g/mol. The molecule has 0 aliphatic heterocycles. The van der Waals surface area contributed by atoms with Crippen molar-refractivity contribution < 1.29 is 27.4 Å². The first-order chi connectivity index (χ1) is 13.8. The molecule has 4 N–H and O–H groups in total. The second-order valence-electron chi connectivity index (χ2n) is 5.94. The topological polar surface area (TPSA) is 141 Å². The molecule has 0 atom stereocenters. The number of carbonyl (C=O) groups excluding carboxylic acids is 1. The highest BCUT2D eigenvalue weighted by molar-refractivity contribution is 7.89. The summed E-state index contributed by atoms with van der Waals surface area (Å²) in [5.41, 5.74) is 6.64. The molecule has 0 bridgehead atoms. The Morgan fingerprint density at radius 3 is 2.38 bits per heavy atom. The van der Waals surface area contributed by atoms with Crippen LogP contribution in [0.1, 0.15) is 11.1 Å². The van der Waals surface area contributed by atoms with Crippen LogP contribution in [0.4, 0.5) is 0 Å². The van der Waals surface area contributed by atoms with E-state index in [1.807, 2.05) is 0 Å². The summed E-state index contributed by atoms with van der Waals surface area (Å²) in [7, 11) is -0.948. The van der Waals surface area contributed by atoms with E-state index in [0.717, 1.165) is 5.56 Å². The van der Waals surface area contributed by atoms with Crippen LogP contribution in [-0.4, -0.2) is 47.6 Å². The highest BCUT2D eigenvalue weighted by Crippen LogP contribution is 2.28. The maximum absolute atomic E-state index is 12.4. The number of nitrogens with two attached hydrogens (primary N) is 1. The molecule has 2 aromatic carbocycles. The third-order valence-electron chi connectivity index (χ3n) is 3.98. The molecule has 29 heavy (non-hydrogen) atoms. The van der Waals surface area contributed by atoms with Crippen LogP contribution < -0.4 is 19.9 Å². The lowest BCUT2D eigenvalue weighted by molar-refractivity contribution is -0.142. The van der Waals surface area contributed by atoms with E-state index in [9.17, 15) is 13.2 Å². The number of nitrogens with one attached hydrogen (secondary N) is 2. The number of esters is 1. The number of hydrogen-bond acceptors (Lipinski definition) is 7. The maximum atomic E-state index is 12.4. The zero-order valence-corrected chi connectivity index (χ0v) is 16.9. The fraction of sp³-hybridized carbons (Fsp3) is 0.263. The van der Waals surface area contributed by atoms with Crippen molar-refractivity contribution >= 4 is 21.8 Å². The third-order valence-corrected chi connectivity index (χ3v) is 5.46. The van der Waals surface area contributed by atoms with E-state index < -0.39 is 16.0 Å². The Bertz CT molecular complexity index is 974. The monoisotopic (exact) mass is 421 g/mol. The number of amidine groups is 1. The van der Waals surface area contributed by atoms with Crippen molar-refractivity contribution in [3.05, 3.63) is 53.6 Å². The summed E-state index contributed by atoms with van der Waals surface area (Å²) in [5.74, 6) is 0.165. The van der Waals surface area contributed by atoms with Gasteiger partial charge in [0.05, 0.1) is 19.1 Å². The summed E-state index contributed by atoms with van der Waals surface area (Å²) >= 11 is 0. The lowest BCUT2D eigenvalue weighted by atomic mass is 10.1. The Labute approximate surface area is 169 Å². The van der Waals surface area contributed by atoms with E-state index in [4.69, 9.17) is 20.6 Å². The second-order valence-corrected chi connectivity index (χ2v) is 7.70. The normalized spacial score (nSPS) is 11.0. The van der Waals surface area contributed by atoms with Crippen molar-refractivity contribution in [3.63, 3.8) is 0 Å². The molecule has 2 rings (SSSR count). The quantitative estimate of drug-likeness (QED) is 0.296. The van der Waals surface area contributed by atoms with Crippen LogP contribution >= 0.6 is 0 Å². The fourth-order valence-electron chi connectivity index (χ4n) is 2.41. The molecule has 0 unspecified atom stereocenters. The zero-order valence-electron chi connectivity index (χ0n) is 16.1. The van der Waals surface area contributed by atoms with Gasteiger partial charge in [0.25, 0.3) is 0 Å². The standard InChI is InChI=1S/C19H23N3O6S/c1-26-17-11-13(3-8-16(17)28-12-18(23)27-2)9-10-22-29(24,25)15-6-4-14(5-7-15)19(20)21/h3-8,11,22H,9-10,12H2,1-2H3,(H3,20,21). The van der Waals surface area contributed by atoms with Gasteiger partial charge in [-0.1, -0.05) is 6.07 Å². The highest BCUT2D eigenvalue weighted by Gasteiger charge is 2.14. The molecule has 0 saturated heterocycles. The maximum Gasteiger partial charge on any atom is 0.343 e. The van der Waals surface area contributed by atoms with Crippen molar-refractivity contribution in [2.45, 2.75) is 11.3 Å². The minimum absolute atomic E-state index is 0.0895. The van der Waals surface area contributed by atoms with Crippen LogP contribution in [0, 0.1) is 5.41 Å². The molecule has 156 valence electrons. The molecule has 0 amide bonds. The number of benzene rings is 2. The summed E-state index contributed by atoms with van der Waals surface area (Å²) in [6, 6.07) is 10.9. The Hall–Kier alpha value is -3.11. The van der Waals surface area contributed by atoms with Crippen LogP contribution in [0.15, 0.2) is 47.4 Å². The smallest absolute Gasteiger partial charge is 0.343 e. The minimum Gasteiger partial charge on any atom is -0.493 e. The van der Waals surface area contributed by atoms with E-state index in [0.29, 0.717) is 23.5 Å². The van der Waals surface area contributed by atoms with Gasteiger partial charge in [0.1, 0.15) is 5.84 Å². The summed E-state index contributed by atoms with van der Waals surface area (Å²) in [6.45, 7) is -0.0727. The number of rotatable bonds is 10. The van der Waals surface area contributed by atoms with Gasteiger partial charge in [0.2, 0.25) is 10.0 Å². The van der Waals surface area contributed by atoms with Crippen molar-refractivity contribution in [3.8, 4) is 11.5 Å². The lowest BCUT2D eigenvalue weighted by Crippen LogP contribution is -2.26. The fourth-order valence-corrected chi connectivity index (χ4v) is 3.44. The minimum atomic E-state index is -3.69. The van der Waals surface area contributed by atoms with Gasteiger partial charge in [-0.05, 0) is 48.4 Å². The number of nitrogen functional groups attached to an aromatic ring is 1. The predicted molar refractivity (Wildman–Crippen MR) is 107 cm³/mol. The molecule has 9 nitrogen and oxygen atoms in total. The molecule has 0 aliphatic rings. The molecule has 0 fully saturated rings. The van der Waals surface area contributed by atoms with Gasteiger partial charge in [-0.25, -0.2) is 17.9 Å². The molecule has 0 aliphatic carbocycles. The first kappa shape index (κ1) is 22.2. The average Bonchev–Trinajstić information content (AvgIpc) is 2.72. The Balaban J connectivity index is 1.98.